The van der Waals surface area contributed by atoms with Crippen molar-refractivity contribution in [1.82, 2.24) is 0 Å². The summed E-state index contributed by atoms with van der Waals surface area (Å²) in [5, 5.41) is 0. The molecule has 0 aromatic rings. The lowest BCUT2D eigenvalue weighted by molar-refractivity contribution is -0.150. The summed E-state index contributed by atoms with van der Waals surface area (Å²) < 4.78 is 0. The maximum absolute atomic E-state index is 11.3. The first-order valence-corrected chi connectivity index (χ1v) is 5.69. The molecule has 0 amide bonds. The third-order valence-electron chi connectivity index (χ3n) is 4.83. The highest BCUT2D eigenvalue weighted by molar-refractivity contribution is 5.70. The minimum Gasteiger partial charge on any atom is -0.303 e. The molecule has 0 radical (unpaired) electrons. The maximum atomic E-state index is 11.3. The first-order chi connectivity index (χ1) is 6.77. The molecule has 4 rings (SSSR count). The van der Waals surface area contributed by atoms with Crippen LogP contribution in [0.3, 0.4) is 0 Å². The van der Waals surface area contributed by atoms with Gasteiger partial charge in [-0.15, -0.1) is 0 Å². The Morgan fingerprint density at radius 1 is 1.00 bits per heavy atom. The number of carbonyl (C=O) groups is 2. The largest absolute Gasteiger partial charge is 0.303 e. The molecule has 76 valence electrons. The SMILES string of the molecule is O=CC1C2CC3CC(C2)CC1(C=O)C3. The Bertz CT molecular complexity index is 270. The molecule has 2 heteroatoms. The van der Waals surface area contributed by atoms with Crippen LogP contribution in [0.5, 0.6) is 0 Å². The van der Waals surface area contributed by atoms with Crippen LogP contribution >= 0.6 is 0 Å². The minimum absolute atomic E-state index is 0.0489. The zero-order valence-electron chi connectivity index (χ0n) is 8.32. The molecular formula is C12H16O2. The zero-order valence-corrected chi connectivity index (χ0v) is 8.32. The summed E-state index contributed by atoms with van der Waals surface area (Å²) in [6.07, 6.45) is 7.88. The van der Waals surface area contributed by atoms with Gasteiger partial charge in [-0.2, -0.15) is 0 Å². The van der Waals surface area contributed by atoms with E-state index in [9.17, 15) is 9.59 Å². The van der Waals surface area contributed by atoms with E-state index in [-0.39, 0.29) is 11.3 Å². The van der Waals surface area contributed by atoms with Gasteiger partial charge in [-0.3, -0.25) is 0 Å². The highest BCUT2D eigenvalue weighted by Gasteiger charge is 2.56. The van der Waals surface area contributed by atoms with Crippen molar-refractivity contribution in [3.05, 3.63) is 0 Å². The van der Waals surface area contributed by atoms with Crippen molar-refractivity contribution in [2.45, 2.75) is 32.1 Å². The predicted molar refractivity (Wildman–Crippen MR) is 51.6 cm³/mol. The normalized spacial score (nSPS) is 54.6. The van der Waals surface area contributed by atoms with Gasteiger partial charge in [0, 0.05) is 11.3 Å². The standard InChI is InChI=1S/C12H16O2/c13-6-11-10-2-8-1-9(3-10)5-12(11,4-8)7-14/h6-11H,1-5H2. The molecule has 0 heterocycles. The molecule has 4 fully saturated rings. The maximum Gasteiger partial charge on any atom is 0.126 e. The Morgan fingerprint density at radius 3 is 2.14 bits per heavy atom. The van der Waals surface area contributed by atoms with Crippen molar-refractivity contribution >= 4 is 12.6 Å². The van der Waals surface area contributed by atoms with Crippen molar-refractivity contribution in [2.75, 3.05) is 0 Å². The summed E-state index contributed by atoms with van der Waals surface area (Å²) in [5.74, 6) is 2.07. The Balaban J connectivity index is 2.01. The molecule has 0 aliphatic heterocycles. The van der Waals surface area contributed by atoms with Gasteiger partial charge in [0.1, 0.15) is 12.6 Å². The first-order valence-electron chi connectivity index (χ1n) is 5.69. The monoisotopic (exact) mass is 192 g/mol. The van der Waals surface area contributed by atoms with Crippen molar-refractivity contribution in [3.8, 4) is 0 Å². The molecule has 0 spiro atoms. The number of hydrogen-bond donors (Lipinski definition) is 0. The van der Waals surface area contributed by atoms with Crippen LogP contribution in [0.4, 0.5) is 0 Å². The second-order valence-electron chi connectivity index (χ2n) is 5.62. The van der Waals surface area contributed by atoms with Crippen LogP contribution in [0.25, 0.3) is 0 Å². The molecule has 14 heavy (non-hydrogen) atoms. The molecule has 2 nitrogen and oxygen atoms in total. The molecular weight excluding hydrogens is 176 g/mol. The summed E-state index contributed by atoms with van der Waals surface area (Å²) >= 11 is 0. The fourth-order valence-corrected chi connectivity index (χ4v) is 4.56. The van der Waals surface area contributed by atoms with Gasteiger partial charge in [-0.1, -0.05) is 0 Å². The molecule has 0 N–H and O–H groups in total. The van der Waals surface area contributed by atoms with Crippen LogP contribution in [0.1, 0.15) is 32.1 Å². The molecule has 4 aliphatic carbocycles. The average molecular weight is 192 g/mol. The fourth-order valence-electron chi connectivity index (χ4n) is 4.56. The van der Waals surface area contributed by atoms with E-state index >= 15 is 0 Å². The third kappa shape index (κ3) is 0.918. The summed E-state index contributed by atoms with van der Waals surface area (Å²) in [7, 11) is 0. The minimum atomic E-state index is -0.240. The van der Waals surface area contributed by atoms with Gasteiger partial charge in [0.2, 0.25) is 0 Å². The summed E-state index contributed by atoms with van der Waals surface area (Å²) in [4.78, 5) is 22.4. The van der Waals surface area contributed by atoms with Gasteiger partial charge in [-0.25, -0.2) is 0 Å². The van der Waals surface area contributed by atoms with Gasteiger partial charge in [0.25, 0.3) is 0 Å². The summed E-state index contributed by atoms with van der Waals surface area (Å²) in [6.45, 7) is 0. The highest BCUT2D eigenvalue weighted by atomic mass is 16.1. The van der Waals surface area contributed by atoms with Gasteiger partial charge in [-0.05, 0) is 49.9 Å². The number of aldehydes is 2. The van der Waals surface area contributed by atoms with E-state index < -0.39 is 0 Å². The summed E-state index contributed by atoms with van der Waals surface area (Å²) in [5.41, 5.74) is -0.240. The van der Waals surface area contributed by atoms with Gasteiger partial charge >= 0.3 is 0 Å². The predicted octanol–water partition coefficient (Wildman–Crippen LogP) is 1.83. The molecule has 3 unspecified atom stereocenters. The van der Waals surface area contributed by atoms with Crippen LogP contribution in [0.2, 0.25) is 0 Å². The second kappa shape index (κ2) is 2.68. The number of carbonyl (C=O) groups excluding carboxylic acids is 2. The van der Waals surface area contributed by atoms with E-state index in [1.54, 1.807) is 0 Å². The fraction of sp³-hybridized carbons (Fsp3) is 0.833. The van der Waals surface area contributed by atoms with Crippen molar-refractivity contribution < 1.29 is 9.59 Å². The lowest BCUT2D eigenvalue weighted by atomic mass is 9.46. The Kier molecular flexibility index (Phi) is 1.65. The lowest BCUT2D eigenvalue weighted by Crippen LogP contribution is -2.54. The average Bonchev–Trinajstić information content (AvgIpc) is 2.16. The quantitative estimate of drug-likeness (QED) is 0.625. The Morgan fingerprint density at radius 2 is 1.64 bits per heavy atom. The van der Waals surface area contributed by atoms with Crippen LogP contribution in [-0.4, -0.2) is 12.6 Å². The van der Waals surface area contributed by atoms with Crippen LogP contribution in [0, 0.1) is 29.1 Å². The number of hydrogen-bond acceptors (Lipinski definition) is 2. The van der Waals surface area contributed by atoms with Crippen LogP contribution in [0.15, 0.2) is 0 Å². The number of rotatable bonds is 2. The van der Waals surface area contributed by atoms with E-state index in [0.29, 0.717) is 5.92 Å². The van der Waals surface area contributed by atoms with E-state index in [1.165, 1.54) is 19.3 Å². The van der Waals surface area contributed by atoms with Crippen molar-refractivity contribution in [1.29, 1.82) is 0 Å². The second-order valence-corrected chi connectivity index (χ2v) is 5.62. The van der Waals surface area contributed by atoms with E-state index in [4.69, 9.17) is 0 Å². The van der Waals surface area contributed by atoms with E-state index in [1.807, 2.05) is 0 Å². The van der Waals surface area contributed by atoms with Gasteiger partial charge < -0.3 is 9.59 Å². The van der Waals surface area contributed by atoms with Crippen LogP contribution < -0.4 is 0 Å². The Labute approximate surface area is 84.1 Å². The molecule has 0 aromatic carbocycles. The highest BCUT2D eigenvalue weighted by Crippen LogP contribution is 2.61. The van der Waals surface area contributed by atoms with E-state index in [2.05, 4.69) is 0 Å². The Hall–Kier alpha value is -0.660. The molecule has 4 bridgehead atoms. The summed E-state index contributed by atoms with van der Waals surface area (Å²) in [6, 6.07) is 0. The van der Waals surface area contributed by atoms with Crippen molar-refractivity contribution in [2.24, 2.45) is 29.1 Å². The lowest BCUT2D eigenvalue weighted by Gasteiger charge is -2.57. The van der Waals surface area contributed by atoms with Gasteiger partial charge in [0.05, 0.1) is 0 Å². The molecule has 4 saturated carbocycles. The van der Waals surface area contributed by atoms with Crippen LogP contribution in [-0.2, 0) is 9.59 Å². The zero-order chi connectivity index (χ0) is 9.76. The van der Waals surface area contributed by atoms with E-state index in [0.717, 1.165) is 37.2 Å². The molecule has 0 saturated heterocycles. The molecule has 3 atom stereocenters. The molecule has 0 aromatic heterocycles. The smallest absolute Gasteiger partial charge is 0.126 e. The topological polar surface area (TPSA) is 34.1 Å². The van der Waals surface area contributed by atoms with Crippen molar-refractivity contribution in [3.63, 3.8) is 0 Å². The first kappa shape index (κ1) is 8.63. The van der Waals surface area contributed by atoms with Gasteiger partial charge in [0.15, 0.2) is 0 Å². The molecule has 4 aliphatic rings. The third-order valence-corrected chi connectivity index (χ3v) is 4.83.